The van der Waals surface area contributed by atoms with Crippen LogP contribution in [-0.2, 0) is 4.79 Å². The Kier molecular flexibility index (Phi) is 3.93. The molecule has 2 aromatic heterocycles. The molecule has 7 heteroatoms. The molecule has 2 aromatic rings. The number of aliphatic carboxylic acids is 1. The fourth-order valence-corrected chi connectivity index (χ4v) is 2.01. The van der Waals surface area contributed by atoms with Gasteiger partial charge in [0.2, 0.25) is 0 Å². The van der Waals surface area contributed by atoms with Crippen molar-refractivity contribution in [3.8, 4) is 0 Å². The fraction of sp³-hybridized carbons (Fsp3) is 0.429. The van der Waals surface area contributed by atoms with Crippen LogP contribution in [0, 0.1) is 6.92 Å². The zero-order valence-electron chi connectivity index (χ0n) is 12.4. The van der Waals surface area contributed by atoms with Crippen LogP contribution >= 0.6 is 0 Å². The van der Waals surface area contributed by atoms with E-state index >= 15 is 0 Å². The number of aryl methyl sites for hydroxylation is 1. The summed E-state index contributed by atoms with van der Waals surface area (Å²) in [5.74, 6) is -1.53. The molecule has 0 aliphatic heterocycles. The summed E-state index contributed by atoms with van der Waals surface area (Å²) < 4.78 is 1.78. The summed E-state index contributed by atoms with van der Waals surface area (Å²) in [6, 6.07) is 0.903. The van der Waals surface area contributed by atoms with E-state index in [1.807, 2.05) is 13.8 Å². The zero-order valence-corrected chi connectivity index (χ0v) is 12.4. The molecule has 1 atom stereocenters. The van der Waals surface area contributed by atoms with Gasteiger partial charge in [-0.3, -0.25) is 9.59 Å². The average Bonchev–Trinajstić information content (AvgIpc) is 2.80. The Morgan fingerprint density at radius 2 is 2.00 bits per heavy atom. The van der Waals surface area contributed by atoms with E-state index in [4.69, 9.17) is 5.11 Å². The number of fused-ring (bicyclic) bond motifs is 1. The average molecular weight is 290 g/mol. The molecule has 0 radical (unpaired) electrons. The van der Waals surface area contributed by atoms with Gasteiger partial charge in [-0.25, -0.2) is 9.67 Å². The van der Waals surface area contributed by atoms with Crippen molar-refractivity contribution in [3.05, 3.63) is 23.5 Å². The molecule has 0 aliphatic carbocycles. The largest absolute Gasteiger partial charge is 0.480 e. The number of carboxylic acid groups (broad SMARTS) is 1. The van der Waals surface area contributed by atoms with E-state index in [9.17, 15) is 9.59 Å². The van der Waals surface area contributed by atoms with Gasteiger partial charge in [0.05, 0.1) is 17.5 Å². The van der Waals surface area contributed by atoms with E-state index in [0.29, 0.717) is 16.9 Å². The summed E-state index contributed by atoms with van der Waals surface area (Å²) >= 11 is 0. The minimum absolute atomic E-state index is 0.168. The van der Waals surface area contributed by atoms with E-state index in [1.54, 1.807) is 23.9 Å². The summed E-state index contributed by atoms with van der Waals surface area (Å²) in [4.78, 5) is 27.3. The van der Waals surface area contributed by atoms with Crippen molar-refractivity contribution in [2.75, 3.05) is 0 Å². The SMILES string of the molecule is Cc1nc2c(cnn2C(C)C)cc1C(=O)NC(C)C(=O)O. The second-order valence-corrected chi connectivity index (χ2v) is 5.25. The summed E-state index contributed by atoms with van der Waals surface area (Å²) in [6.45, 7) is 7.13. The molecule has 0 fully saturated rings. The molecule has 7 nitrogen and oxygen atoms in total. The topological polar surface area (TPSA) is 97.1 Å². The maximum Gasteiger partial charge on any atom is 0.325 e. The number of carbonyl (C=O) groups excluding carboxylic acids is 1. The fourth-order valence-electron chi connectivity index (χ4n) is 2.01. The number of carboxylic acids is 1. The highest BCUT2D eigenvalue weighted by molar-refractivity contribution is 5.99. The third kappa shape index (κ3) is 2.86. The van der Waals surface area contributed by atoms with Crippen molar-refractivity contribution in [1.29, 1.82) is 0 Å². The molecule has 1 unspecified atom stereocenters. The van der Waals surface area contributed by atoms with Crippen molar-refractivity contribution < 1.29 is 14.7 Å². The Labute approximate surface area is 122 Å². The first-order valence-electron chi connectivity index (χ1n) is 6.69. The van der Waals surface area contributed by atoms with Gasteiger partial charge in [-0.05, 0) is 33.8 Å². The number of hydrogen-bond donors (Lipinski definition) is 2. The van der Waals surface area contributed by atoms with Crippen LogP contribution in [0.3, 0.4) is 0 Å². The van der Waals surface area contributed by atoms with Gasteiger partial charge in [0.25, 0.3) is 5.91 Å². The predicted octanol–water partition coefficient (Wildman–Crippen LogP) is 1.52. The van der Waals surface area contributed by atoms with Crippen molar-refractivity contribution >= 4 is 22.9 Å². The summed E-state index contributed by atoms with van der Waals surface area (Å²) in [7, 11) is 0. The van der Waals surface area contributed by atoms with Gasteiger partial charge in [-0.1, -0.05) is 0 Å². The van der Waals surface area contributed by atoms with Crippen LogP contribution in [0.15, 0.2) is 12.3 Å². The highest BCUT2D eigenvalue weighted by atomic mass is 16.4. The van der Waals surface area contributed by atoms with Crippen molar-refractivity contribution in [2.24, 2.45) is 0 Å². The van der Waals surface area contributed by atoms with E-state index in [-0.39, 0.29) is 6.04 Å². The minimum atomic E-state index is -1.08. The molecule has 1 amide bonds. The Bertz CT molecular complexity index is 706. The zero-order chi connectivity index (χ0) is 15.7. The third-order valence-corrected chi connectivity index (χ3v) is 3.21. The Morgan fingerprint density at radius 3 is 2.57 bits per heavy atom. The number of amides is 1. The standard InChI is InChI=1S/C14H18N4O3/c1-7(2)18-12-10(6-15-18)5-11(8(3)16-12)13(19)17-9(4)14(20)21/h5-7,9H,1-4H3,(H,17,19)(H,20,21). The number of nitrogens with zero attached hydrogens (tertiary/aromatic N) is 3. The molecule has 0 aliphatic rings. The molecule has 0 saturated heterocycles. The number of carbonyl (C=O) groups is 2. The highest BCUT2D eigenvalue weighted by Gasteiger charge is 2.19. The van der Waals surface area contributed by atoms with Gasteiger partial charge in [-0.2, -0.15) is 5.10 Å². The van der Waals surface area contributed by atoms with Gasteiger partial charge in [0.15, 0.2) is 5.65 Å². The lowest BCUT2D eigenvalue weighted by Gasteiger charge is -2.11. The molecular weight excluding hydrogens is 272 g/mol. The maximum atomic E-state index is 12.1. The van der Waals surface area contributed by atoms with Crippen LogP contribution in [0.5, 0.6) is 0 Å². The first kappa shape index (κ1) is 15.0. The lowest BCUT2D eigenvalue weighted by Crippen LogP contribution is -2.38. The lowest BCUT2D eigenvalue weighted by atomic mass is 10.1. The molecular formula is C14H18N4O3. The molecule has 112 valence electrons. The molecule has 2 N–H and O–H groups in total. The second-order valence-electron chi connectivity index (χ2n) is 5.25. The second kappa shape index (κ2) is 5.51. The Hall–Kier alpha value is -2.44. The molecule has 21 heavy (non-hydrogen) atoms. The molecule has 2 heterocycles. The van der Waals surface area contributed by atoms with Crippen LogP contribution in [0.25, 0.3) is 11.0 Å². The Morgan fingerprint density at radius 1 is 1.33 bits per heavy atom. The molecule has 0 bridgehead atoms. The summed E-state index contributed by atoms with van der Waals surface area (Å²) in [5.41, 5.74) is 1.62. The minimum Gasteiger partial charge on any atom is -0.480 e. The normalized spacial score (nSPS) is 12.6. The van der Waals surface area contributed by atoms with Gasteiger partial charge >= 0.3 is 5.97 Å². The van der Waals surface area contributed by atoms with E-state index in [1.165, 1.54) is 6.92 Å². The van der Waals surface area contributed by atoms with Crippen LogP contribution < -0.4 is 5.32 Å². The quantitative estimate of drug-likeness (QED) is 0.889. The van der Waals surface area contributed by atoms with Gasteiger partial charge in [0, 0.05) is 11.4 Å². The molecule has 0 spiro atoms. The van der Waals surface area contributed by atoms with Gasteiger partial charge < -0.3 is 10.4 Å². The van der Waals surface area contributed by atoms with E-state index in [0.717, 1.165) is 5.39 Å². The van der Waals surface area contributed by atoms with Crippen LogP contribution in [0.1, 0.15) is 42.9 Å². The third-order valence-electron chi connectivity index (χ3n) is 3.21. The first-order chi connectivity index (χ1) is 9.81. The van der Waals surface area contributed by atoms with E-state index in [2.05, 4.69) is 15.4 Å². The number of nitrogens with one attached hydrogen (secondary N) is 1. The van der Waals surface area contributed by atoms with Gasteiger partial charge in [-0.15, -0.1) is 0 Å². The van der Waals surface area contributed by atoms with E-state index < -0.39 is 17.9 Å². The van der Waals surface area contributed by atoms with Crippen LogP contribution in [0.2, 0.25) is 0 Å². The van der Waals surface area contributed by atoms with Crippen LogP contribution in [0.4, 0.5) is 0 Å². The number of pyridine rings is 1. The number of rotatable bonds is 4. The smallest absolute Gasteiger partial charge is 0.325 e. The van der Waals surface area contributed by atoms with Crippen LogP contribution in [-0.4, -0.2) is 37.8 Å². The molecule has 0 saturated carbocycles. The van der Waals surface area contributed by atoms with Crippen molar-refractivity contribution in [2.45, 2.75) is 39.8 Å². The predicted molar refractivity (Wildman–Crippen MR) is 77.2 cm³/mol. The first-order valence-corrected chi connectivity index (χ1v) is 6.69. The van der Waals surface area contributed by atoms with Gasteiger partial charge in [0.1, 0.15) is 6.04 Å². The van der Waals surface area contributed by atoms with Crippen molar-refractivity contribution in [1.82, 2.24) is 20.1 Å². The lowest BCUT2D eigenvalue weighted by molar-refractivity contribution is -0.138. The maximum absolute atomic E-state index is 12.1. The van der Waals surface area contributed by atoms with Crippen molar-refractivity contribution in [3.63, 3.8) is 0 Å². The Balaban J connectivity index is 2.40. The number of hydrogen-bond acceptors (Lipinski definition) is 4. The summed E-state index contributed by atoms with van der Waals surface area (Å²) in [5, 5.41) is 16.3. The summed E-state index contributed by atoms with van der Waals surface area (Å²) in [6.07, 6.45) is 1.65. The monoisotopic (exact) mass is 290 g/mol. The highest BCUT2D eigenvalue weighted by Crippen LogP contribution is 2.19. The molecule has 0 aromatic carbocycles. The number of aromatic nitrogens is 3. The molecule has 2 rings (SSSR count).